The van der Waals surface area contributed by atoms with Gasteiger partial charge in [0, 0.05) is 16.5 Å². The Bertz CT molecular complexity index is 965. The van der Waals surface area contributed by atoms with Crippen LogP contribution in [0.2, 0.25) is 0 Å². The van der Waals surface area contributed by atoms with E-state index in [0.717, 1.165) is 16.7 Å². The van der Waals surface area contributed by atoms with Gasteiger partial charge >= 0.3 is 0 Å². The first kappa shape index (κ1) is 16.3. The highest BCUT2D eigenvalue weighted by Gasteiger charge is 2.19. The SMILES string of the molecule is O=S([O-])CSc1cccc2c1ccn2S(=O)(=O)c1ccccc1. The Hall–Kier alpha value is -1.61. The van der Waals surface area contributed by atoms with Crippen molar-refractivity contribution in [3.8, 4) is 0 Å². The largest absolute Gasteiger partial charge is 0.772 e. The Morgan fingerprint density at radius 2 is 1.78 bits per heavy atom. The van der Waals surface area contributed by atoms with Crippen molar-refractivity contribution >= 4 is 43.8 Å². The van der Waals surface area contributed by atoms with E-state index < -0.39 is 21.1 Å². The summed E-state index contributed by atoms with van der Waals surface area (Å²) in [4.78, 5) is 0.935. The summed E-state index contributed by atoms with van der Waals surface area (Å²) in [6.45, 7) is 0. The van der Waals surface area contributed by atoms with Crippen LogP contribution in [0.15, 0.2) is 70.6 Å². The Labute approximate surface area is 140 Å². The molecule has 8 heteroatoms. The fraction of sp³-hybridized carbons (Fsp3) is 0.0667. The van der Waals surface area contributed by atoms with Crippen LogP contribution in [-0.4, -0.2) is 26.2 Å². The molecule has 1 unspecified atom stereocenters. The second-order valence-electron chi connectivity index (χ2n) is 4.68. The summed E-state index contributed by atoms with van der Waals surface area (Å²) < 4.78 is 48.2. The van der Waals surface area contributed by atoms with Gasteiger partial charge in [-0.25, -0.2) is 12.4 Å². The molecule has 0 spiro atoms. The van der Waals surface area contributed by atoms with Gasteiger partial charge in [-0.05, 0) is 41.4 Å². The summed E-state index contributed by atoms with van der Waals surface area (Å²) in [5.41, 5.74) is 0.524. The van der Waals surface area contributed by atoms with Gasteiger partial charge in [-0.1, -0.05) is 24.3 Å². The predicted octanol–water partition coefficient (Wildman–Crippen LogP) is 2.81. The summed E-state index contributed by atoms with van der Waals surface area (Å²) >= 11 is -1.00. The molecule has 23 heavy (non-hydrogen) atoms. The molecule has 0 saturated heterocycles. The normalized spacial score (nSPS) is 13.3. The standard InChI is InChI=1S/C15H13NO4S3/c17-22(18)11-21-15-8-4-7-14-13(15)9-10-16(14)23(19,20)12-5-2-1-3-6-12/h1-10H,11H2,(H,17,18)/p-1. The van der Waals surface area contributed by atoms with Crippen LogP contribution in [0.4, 0.5) is 0 Å². The van der Waals surface area contributed by atoms with Gasteiger partial charge in [-0.2, -0.15) is 0 Å². The van der Waals surface area contributed by atoms with Crippen LogP contribution in [-0.2, 0) is 21.1 Å². The van der Waals surface area contributed by atoms with Crippen LogP contribution < -0.4 is 0 Å². The third kappa shape index (κ3) is 3.20. The quantitative estimate of drug-likeness (QED) is 0.512. The van der Waals surface area contributed by atoms with Crippen LogP contribution in [0.5, 0.6) is 0 Å². The van der Waals surface area contributed by atoms with Crippen molar-refractivity contribution in [2.24, 2.45) is 0 Å². The van der Waals surface area contributed by atoms with Crippen molar-refractivity contribution in [2.45, 2.75) is 9.79 Å². The highest BCUT2D eigenvalue weighted by Crippen LogP contribution is 2.30. The minimum atomic E-state index is -3.68. The molecule has 120 valence electrons. The van der Waals surface area contributed by atoms with E-state index in [1.807, 2.05) is 0 Å². The van der Waals surface area contributed by atoms with E-state index in [4.69, 9.17) is 0 Å². The fourth-order valence-electron chi connectivity index (χ4n) is 2.27. The van der Waals surface area contributed by atoms with Gasteiger partial charge in [0.05, 0.1) is 15.5 Å². The fourth-order valence-corrected chi connectivity index (χ4v) is 5.03. The van der Waals surface area contributed by atoms with Gasteiger partial charge < -0.3 is 4.55 Å². The summed E-state index contributed by atoms with van der Waals surface area (Å²) in [6.07, 6.45) is 1.49. The van der Waals surface area contributed by atoms with Crippen LogP contribution >= 0.6 is 11.8 Å². The molecule has 2 aromatic carbocycles. The first-order chi connectivity index (χ1) is 11.0. The second kappa shape index (κ2) is 6.48. The molecule has 0 aliphatic carbocycles. The molecule has 5 nitrogen and oxygen atoms in total. The van der Waals surface area contributed by atoms with Gasteiger partial charge in [-0.15, -0.1) is 11.8 Å². The van der Waals surface area contributed by atoms with Gasteiger partial charge in [0.15, 0.2) is 0 Å². The molecule has 0 saturated carbocycles. The maximum atomic E-state index is 12.7. The predicted molar refractivity (Wildman–Crippen MR) is 90.6 cm³/mol. The minimum absolute atomic E-state index is 0.0737. The Morgan fingerprint density at radius 3 is 2.48 bits per heavy atom. The molecule has 0 bridgehead atoms. The minimum Gasteiger partial charge on any atom is -0.772 e. The van der Waals surface area contributed by atoms with Crippen LogP contribution in [0.3, 0.4) is 0 Å². The maximum absolute atomic E-state index is 12.7. The van der Waals surface area contributed by atoms with Gasteiger partial charge in [0.1, 0.15) is 0 Å². The molecule has 1 heterocycles. The average molecular weight is 366 g/mol. The molecule has 0 aliphatic heterocycles. The smallest absolute Gasteiger partial charge is 0.268 e. The number of fused-ring (bicyclic) bond motifs is 1. The Balaban J connectivity index is 2.10. The molecule has 0 fully saturated rings. The lowest BCUT2D eigenvalue weighted by atomic mass is 10.2. The summed E-state index contributed by atoms with van der Waals surface area (Å²) in [6, 6.07) is 15.1. The van der Waals surface area contributed by atoms with Crippen molar-refractivity contribution in [3.63, 3.8) is 0 Å². The number of benzene rings is 2. The lowest BCUT2D eigenvalue weighted by molar-refractivity contribution is 0.542. The van der Waals surface area contributed by atoms with Crippen molar-refractivity contribution in [1.82, 2.24) is 3.97 Å². The van der Waals surface area contributed by atoms with Gasteiger partial charge in [-0.3, -0.25) is 4.21 Å². The molecular weight excluding hydrogens is 354 g/mol. The van der Waals surface area contributed by atoms with E-state index in [9.17, 15) is 17.2 Å². The number of rotatable bonds is 5. The molecule has 1 aromatic heterocycles. The maximum Gasteiger partial charge on any atom is 0.268 e. The highest BCUT2D eigenvalue weighted by molar-refractivity contribution is 8.09. The van der Waals surface area contributed by atoms with E-state index in [-0.39, 0.29) is 9.98 Å². The number of aromatic nitrogens is 1. The van der Waals surface area contributed by atoms with Crippen LogP contribution in [0.1, 0.15) is 0 Å². The number of nitrogens with zero attached hydrogens (tertiary/aromatic N) is 1. The van der Waals surface area contributed by atoms with Crippen LogP contribution in [0, 0.1) is 0 Å². The van der Waals surface area contributed by atoms with E-state index in [2.05, 4.69) is 0 Å². The third-order valence-electron chi connectivity index (χ3n) is 3.27. The molecular formula is C15H12NO4S3-. The first-order valence-corrected chi connectivity index (χ1v) is 10.3. The van der Waals surface area contributed by atoms with E-state index in [0.29, 0.717) is 10.9 Å². The molecule has 0 amide bonds. The topological polar surface area (TPSA) is 79.2 Å². The molecule has 1 atom stereocenters. The molecule has 3 aromatic rings. The molecule has 0 N–H and O–H groups in total. The van der Waals surface area contributed by atoms with E-state index in [1.54, 1.807) is 54.6 Å². The summed E-state index contributed by atoms with van der Waals surface area (Å²) in [7, 11) is -3.68. The zero-order chi connectivity index (χ0) is 16.4. The monoisotopic (exact) mass is 366 g/mol. The Morgan fingerprint density at radius 1 is 1.04 bits per heavy atom. The van der Waals surface area contributed by atoms with Crippen molar-refractivity contribution < 1.29 is 17.2 Å². The molecule has 0 radical (unpaired) electrons. The number of hydrogen-bond donors (Lipinski definition) is 0. The third-order valence-corrected chi connectivity index (χ3v) is 6.88. The van der Waals surface area contributed by atoms with Crippen molar-refractivity contribution in [1.29, 1.82) is 0 Å². The number of thioether (sulfide) groups is 1. The van der Waals surface area contributed by atoms with E-state index in [1.165, 1.54) is 10.2 Å². The van der Waals surface area contributed by atoms with Crippen molar-refractivity contribution in [2.75, 3.05) is 5.08 Å². The summed E-state index contributed by atoms with van der Waals surface area (Å²) in [5, 5.41) is 0.637. The zero-order valence-corrected chi connectivity index (χ0v) is 14.2. The van der Waals surface area contributed by atoms with Crippen molar-refractivity contribution in [3.05, 3.63) is 60.8 Å². The van der Waals surface area contributed by atoms with Gasteiger partial charge in [0.2, 0.25) is 0 Å². The van der Waals surface area contributed by atoms with Gasteiger partial charge in [0.25, 0.3) is 10.0 Å². The van der Waals surface area contributed by atoms with E-state index >= 15 is 0 Å². The first-order valence-electron chi connectivity index (χ1n) is 6.59. The van der Waals surface area contributed by atoms with Crippen LogP contribution in [0.25, 0.3) is 10.9 Å². The zero-order valence-electron chi connectivity index (χ0n) is 11.8. The number of hydrogen-bond acceptors (Lipinski definition) is 5. The average Bonchev–Trinajstić information content (AvgIpc) is 2.99. The Kier molecular flexibility index (Phi) is 4.58. The molecule has 0 aliphatic rings. The summed E-state index contributed by atoms with van der Waals surface area (Å²) in [5.74, 6) is 0. The highest BCUT2D eigenvalue weighted by atomic mass is 32.2. The lowest BCUT2D eigenvalue weighted by Crippen LogP contribution is -2.11. The second-order valence-corrected chi connectivity index (χ2v) is 8.78. The lowest BCUT2D eigenvalue weighted by Gasteiger charge is -2.09. The molecule has 3 rings (SSSR count).